The quantitative estimate of drug-likeness (QED) is 0.642. The first-order valence-electron chi connectivity index (χ1n) is 5.14. The van der Waals surface area contributed by atoms with Crippen LogP contribution in [0.5, 0.6) is 0 Å². The number of aryl methyl sites for hydroxylation is 1. The summed E-state index contributed by atoms with van der Waals surface area (Å²) in [5.74, 6) is -0.468. The summed E-state index contributed by atoms with van der Waals surface area (Å²) in [5.41, 5.74) is 0. The highest BCUT2D eigenvalue weighted by molar-refractivity contribution is 5.82. The van der Waals surface area contributed by atoms with Crippen molar-refractivity contribution in [2.24, 2.45) is 7.05 Å². The van der Waals surface area contributed by atoms with E-state index in [0.29, 0.717) is 12.2 Å². The third kappa shape index (κ3) is 3.74. The first kappa shape index (κ1) is 12.9. The van der Waals surface area contributed by atoms with Crippen molar-refractivity contribution in [2.45, 2.75) is 25.9 Å². The highest BCUT2D eigenvalue weighted by atomic mass is 16.4. The second-order valence-electron chi connectivity index (χ2n) is 3.48. The number of nitrogens with one attached hydrogen (secondary N) is 2. The molecule has 1 rings (SSSR count). The van der Waals surface area contributed by atoms with Gasteiger partial charge in [0.2, 0.25) is 0 Å². The lowest BCUT2D eigenvalue weighted by atomic mass is 10.2. The second kappa shape index (κ2) is 5.83. The molecule has 0 spiro atoms. The first-order valence-corrected chi connectivity index (χ1v) is 5.14. The van der Waals surface area contributed by atoms with Crippen LogP contribution in [0.3, 0.4) is 0 Å². The van der Waals surface area contributed by atoms with Gasteiger partial charge in [-0.1, -0.05) is 6.92 Å². The number of carboxylic acids is 1. The number of carboxylic acid groups (broad SMARTS) is 1. The van der Waals surface area contributed by atoms with E-state index in [4.69, 9.17) is 5.11 Å². The molecule has 94 valence electrons. The van der Waals surface area contributed by atoms with E-state index in [1.165, 1.54) is 6.33 Å². The highest BCUT2D eigenvalue weighted by Gasteiger charge is 2.17. The molecule has 8 heteroatoms. The van der Waals surface area contributed by atoms with Gasteiger partial charge >= 0.3 is 12.0 Å². The lowest BCUT2D eigenvalue weighted by Crippen LogP contribution is -2.45. The SMILES string of the molecule is CC[C@H](NC(=O)NCc1nncn1C)C(=O)O. The van der Waals surface area contributed by atoms with E-state index in [1.54, 1.807) is 18.5 Å². The maximum absolute atomic E-state index is 11.4. The van der Waals surface area contributed by atoms with Gasteiger partial charge in [0.05, 0.1) is 6.54 Å². The van der Waals surface area contributed by atoms with Crippen LogP contribution in [0.4, 0.5) is 4.79 Å². The van der Waals surface area contributed by atoms with Gasteiger partial charge in [-0.25, -0.2) is 9.59 Å². The average molecular weight is 241 g/mol. The molecule has 17 heavy (non-hydrogen) atoms. The van der Waals surface area contributed by atoms with Gasteiger partial charge in [-0.3, -0.25) is 0 Å². The Morgan fingerprint density at radius 2 is 2.29 bits per heavy atom. The number of rotatable bonds is 5. The predicted molar refractivity (Wildman–Crippen MR) is 58.1 cm³/mol. The monoisotopic (exact) mass is 241 g/mol. The van der Waals surface area contributed by atoms with Crippen LogP contribution in [0.25, 0.3) is 0 Å². The topological polar surface area (TPSA) is 109 Å². The molecule has 1 heterocycles. The predicted octanol–water partition coefficient (Wildman–Crippen LogP) is -0.522. The Bertz CT molecular complexity index is 403. The van der Waals surface area contributed by atoms with Crippen LogP contribution in [-0.2, 0) is 18.4 Å². The number of carbonyl (C=O) groups excluding carboxylic acids is 1. The molecule has 0 saturated heterocycles. The number of aliphatic carboxylic acids is 1. The van der Waals surface area contributed by atoms with E-state index >= 15 is 0 Å². The van der Waals surface area contributed by atoms with Gasteiger partial charge in [0.15, 0.2) is 5.82 Å². The average Bonchev–Trinajstić information content (AvgIpc) is 2.68. The van der Waals surface area contributed by atoms with Crippen LogP contribution in [0.2, 0.25) is 0 Å². The zero-order valence-corrected chi connectivity index (χ0v) is 9.67. The molecule has 1 aromatic heterocycles. The Labute approximate surface area is 98.0 Å². The summed E-state index contributed by atoms with van der Waals surface area (Å²) in [6.45, 7) is 1.88. The normalized spacial score (nSPS) is 11.9. The Kier molecular flexibility index (Phi) is 4.44. The van der Waals surface area contributed by atoms with E-state index in [-0.39, 0.29) is 6.54 Å². The molecular formula is C9H15N5O3. The van der Waals surface area contributed by atoms with E-state index < -0.39 is 18.0 Å². The number of carbonyl (C=O) groups is 2. The van der Waals surface area contributed by atoms with Crippen molar-refractivity contribution in [3.8, 4) is 0 Å². The smallest absolute Gasteiger partial charge is 0.326 e. The summed E-state index contributed by atoms with van der Waals surface area (Å²) in [6, 6.07) is -1.42. The number of aromatic nitrogens is 3. The Balaban J connectivity index is 2.40. The van der Waals surface area contributed by atoms with Gasteiger partial charge < -0.3 is 20.3 Å². The molecule has 0 unspecified atom stereocenters. The summed E-state index contributed by atoms with van der Waals surface area (Å²) in [4.78, 5) is 22.1. The van der Waals surface area contributed by atoms with Gasteiger partial charge in [0, 0.05) is 7.05 Å². The van der Waals surface area contributed by atoms with Gasteiger partial charge in [-0.15, -0.1) is 10.2 Å². The zero-order chi connectivity index (χ0) is 12.8. The van der Waals surface area contributed by atoms with Crippen LogP contribution in [0, 0.1) is 0 Å². The third-order valence-corrected chi connectivity index (χ3v) is 2.22. The molecule has 8 nitrogen and oxygen atoms in total. The maximum Gasteiger partial charge on any atom is 0.326 e. The summed E-state index contributed by atoms with van der Waals surface area (Å²) >= 11 is 0. The molecule has 1 aromatic rings. The van der Waals surface area contributed by atoms with Crippen LogP contribution in [-0.4, -0.2) is 37.9 Å². The van der Waals surface area contributed by atoms with Gasteiger partial charge in [0.25, 0.3) is 0 Å². The molecule has 0 saturated carbocycles. The first-order chi connectivity index (χ1) is 8.04. The highest BCUT2D eigenvalue weighted by Crippen LogP contribution is 1.92. The van der Waals surface area contributed by atoms with Gasteiger partial charge in [0.1, 0.15) is 12.4 Å². The molecule has 0 fully saturated rings. The van der Waals surface area contributed by atoms with Crippen molar-refractivity contribution in [1.82, 2.24) is 25.4 Å². The summed E-state index contributed by atoms with van der Waals surface area (Å²) in [7, 11) is 1.75. The van der Waals surface area contributed by atoms with E-state index in [2.05, 4.69) is 20.8 Å². The number of hydrogen-bond donors (Lipinski definition) is 3. The Morgan fingerprint density at radius 3 is 2.76 bits per heavy atom. The van der Waals surface area contributed by atoms with Gasteiger partial charge in [-0.05, 0) is 6.42 Å². The number of nitrogens with zero attached hydrogens (tertiary/aromatic N) is 3. The van der Waals surface area contributed by atoms with E-state index in [0.717, 1.165) is 0 Å². The van der Waals surface area contributed by atoms with E-state index in [9.17, 15) is 9.59 Å². The second-order valence-corrected chi connectivity index (χ2v) is 3.48. The number of amides is 2. The van der Waals surface area contributed by atoms with Crippen molar-refractivity contribution in [3.63, 3.8) is 0 Å². The summed E-state index contributed by atoms with van der Waals surface area (Å²) in [5, 5.41) is 21.0. The van der Waals surface area contributed by atoms with Crippen LogP contribution in [0.15, 0.2) is 6.33 Å². The van der Waals surface area contributed by atoms with Crippen LogP contribution >= 0.6 is 0 Å². The lowest BCUT2D eigenvalue weighted by molar-refractivity contribution is -0.139. The maximum atomic E-state index is 11.4. The lowest BCUT2D eigenvalue weighted by Gasteiger charge is -2.12. The molecule has 0 aliphatic rings. The molecule has 0 bridgehead atoms. The molecule has 0 radical (unpaired) electrons. The molecule has 2 amide bonds. The van der Waals surface area contributed by atoms with Crippen LogP contribution < -0.4 is 10.6 Å². The largest absolute Gasteiger partial charge is 0.480 e. The minimum Gasteiger partial charge on any atom is -0.480 e. The molecule has 3 N–H and O–H groups in total. The molecular weight excluding hydrogens is 226 g/mol. The number of hydrogen-bond acceptors (Lipinski definition) is 4. The fourth-order valence-corrected chi connectivity index (χ4v) is 1.17. The van der Waals surface area contributed by atoms with Crippen molar-refractivity contribution in [1.29, 1.82) is 0 Å². The third-order valence-electron chi connectivity index (χ3n) is 2.22. The fraction of sp³-hybridized carbons (Fsp3) is 0.556. The molecule has 0 aliphatic carbocycles. The van der Waals surface area contributed by atoms with Crippen molar-refractivity contribution < 1.29 is 14.7 Å². The minimum absolute atomic E-state index is 0.193. The standard InChI is InChI=1S/C9H15N5O3/c1-3-6(8(15)16)12-9(17)10-4-7-13-11-5-14(7)2/h5-6H,3-4H2,1-2H3,(H,15,16)(H2,10,12,17)/t6-/m0/s1. The fourth-order valence-electron chi connectivity index (χ4n) is 1.17. The Morgan fingerprint density at radius 1 is 1.59 bits per heavy atom. The van der Waals surface area contributed by atoms with Gasteiger partial charge in [-0.2, -0.15) is 0 Å². The molecule has 1 atom stereocenters. The Hall–Kier alpha value is -2.12. The molecule has 0 aliphatic heterocycles. The van der Waals surface area contributed by atoms with Crippen molar-refractivity contribution in [2.75, 3.05) is 0 Å². The van der Waals surface area contributed by atoms with Crippen LogP contribution in [0.1, 0.15) is 19.2 Å². The van der Waals surface area contributed by atoms with E-state index in [1.807, 2.05) is 0 Å². The van der Waals surface area contributed by atoms with Crippen molar-refractivity contribution in [3.05, 3.63) is 12.2 Å². The minimum atomic E-state index is -1.05. The molecule has 0 aromatic carbocycles. The summed E-state index contributed by atoms with van der Waals surface area (Å²) in [6.07, 6.45) is 1.84. The number of urea groups is 1. The zero-order valence-electron chi connectivity index (χ0n) is 9.67. The summed E-state index contributed by atoms with van der Waals surface area (Å²) < 4.78 is 1.66. The van der Waals surface area contributed by atoms with Crippen molar-refractivity contribution >= 4 is 12.0 Å².